The monoisotopic (exact) mass is 372 g/mol. The predicted octanol–water partition coefficient (Wildman–Crippen LogP) is 4.65. The van der Waals surface area contributed by atoms with E-state index in [1.807, 2.05) is 66.7 Å². The molecule has 1 atom stereocenters. The summed E-state index contributed by atoms with van der Waals surface area (Å²) in [5.74, 6) is -0.190. The van der Waals surface area contributed by atoms with E-state index in [2.05, 4.69) is 12.2 Å². The second-order valence-corrected chi connectivity index (χ2v) is 7.26. The van der Waals surface area contributed by atoms with Gasteiger partial charge in [-0.1, -0.05) is 49.4 Å². The van der Waals surface area contributed by atoms with Crippen LogP contribution >= 0.6 is 0 Å². The van der Waals surface area contributed by atoms with E-state index < -0.39 is 6.04 Å². The molecule has 0 saturated carbocycles. The minimum atomic E-state index is -0.426. The summed E-state index contributed by atoms with van der Waals surface area (Å²) in [6, 6.07) is 21.2. The zero-order valence-electron chi connectivity index (χ0n) is 16.0. The van der Waals surface area contributed by atoms with Gasteiger partial charge < -0.3 is 10.2 Å². The van der Waals surface area contributed by atoms with Crippen molar-refractivity contribution in [3.8, 4) is 0 Å². The minimum Gasteiger partial charge on any atom is -0.327 e. The van der Waals surface area contributed by atoms with Gasteiger partial charge in [-0.15, -0.1) is 0 Å². The molecule has 1 aliphatic rings. The Morgan fingerprint density at radius 1 is 1.00 bits per heavy atom. The minimum absolute atomic E-state index is 0.0705. The Kier molecular flexibility index (Phi) is 5.11. The van der Waals surface area contributed by atoms with Crippen molar-refractivity contribution >= 4 is 28.3 Å². The number of benzene rings is 3. The topological polar surface area (TPSA) is 49.4 Å². The highest BCUT2D eigenvalue weighted by Crippen LogP contribution is 2.24. The lowest BCUT2D eigenvalue weighted by Crippen LogP contribution is -2.43. The molecular weight excluding hydrogens is 348 g/mol. The third-order valence-electron chi connectivity index (χ3n) is 5.44. The number of hydrogen-bond acceptors (Lipinski definition) is 2. The van der Waals surface area contributed by atoms with Gasteiger partial charge in [0.2, 0.25) is 5.91 Å². The summed E-state index contributed by atoms with van der Waals surface area (Å²) in [5, 5.41) is 5.21. The molecule has 4 rings (SSSR count). The quantitative estimate of drug-likeness (QED) is 0.725. The van der Waals surface area contributed by atoms with Crippen LogP contribution in [0.4, 0.5) is 5.69 Å². The van der Waals surface area contributed by atoms with Crippen LogP contribution in [-0.2, 0) is 11.2 Å². The van der Waals surface area contributed by atoms with Gasteiger partial charge in [-0.3, -0.25) is 9.59 Å². The fraction of sp³-hybridized carbons (Fsp3) is 0.250. The zero-order chi connectivity index (χ0) is 19.5. The normalized spacial score (nSPS) is 16.3. The van der Waals surface area contributed by atoms with Crippen molar-refractivity contribution in [1.82, 2.24) is 4.90 Å². The number of hydrogen-bond donors (Lipinski definition) is 1. The molecule has 28 heavy (non-hydrogen) atoms. The molecule has 1 aliphatic heterocycles. The summed E-state index contributed by atoms with van der Waals surface area (Å²) in [4.78, 5) is 27.5. The van der Waals surface area contributed by atoms with Gasteiger partial charge in [-0.2, -0.15) is 0 Å². The molecule has 1 heterocycles. The fourth-order valence-electron chi connectivity index (χ4n) is 3.82. The van der Waals surface area contributed by atoms with Crippen molar-refractivity contribution < 1.29 is 9.59 Å². The van der Waals surface area contributed by atoms with E-state index in [1.165, 1.54) is 5.56 Å². The molecule has 0 radical (unpaired) electrons. The van der Waals surface area contributed by atoms with Crippen LogP contribution in [0.15, 0.2) is 66.7 Å². The average Bonchev–Trinajstić information content (AvgIpc) is 3.23. The number of nitrogens with zero attached hydrogens (tertiary/aromatic N) is 1. The first-order chi connectivity index (χ1) is 13.7. The van der Waals surface area contributed by atoms with Crippen molar-refractivity contribution in [3.05, 3.63) is 77.9 Å². The predicted molar refractivity (Wildman–Crippen MR) is 112 cm³/mol. The second-order valence-electron chi connectivity index (χ2n) is 7.26. The maximum absolute atomic E-state index is 12.9. The van der Waals surface area contributed by atoms with Crippen LogP contribution in [0, 0.1) is 0 Å². The molecular formula is C24H24N2O2. The molecule has 1 fully saturated rings. The second kappa shape index (κ2) is 7.85. The number of fused-ring (bicyclic) bond motifs is 1. The van der Waals surface area contributed by atoms with E-state index in [1.54, 1.807) is 4.90 Å². The van der Waals surface area contributed by atoms with Gasteiger partial charge in [-0.25, -0.2) is 0 Å². The highest BCUT2D eigenvalue weighted by molar-refractivity contribution is 6.02. The molecule has 4 heteroatoms. The highest BCUT2D eigenvalue weighted by Gasteiger charge is 2.34. The molecule has 0 bridgehead atoms. The van der Waals surface area contributed by atoms with E-state index in [-0.39, 0.29) is 11.8 Å². The summed E-state index contributed by atoms with van der Waals surface area (Å²) in [5.41, 5.74) is 2.60. The fourth-order valence-corrected chi connectivity index (χ4v) is 3.82. The van der Waals surface area contributed by atoms with Crippen LogP contribution in [0.25, 0.3) is 10.8 Å². The number of likely N-dealkylation sites (tertiary alicyclic amines) is 1. The summed E-state index contributed by atoms with van der Waals surface area (Å²) < 4.78 is 0. The van der Waals surface area contributed by atoms with Gasteiger partial charge in [0.15, 0.2) is 0 Å². The Morgan fingerprint density at radius 2 is 1.75 bits per heavy atom. The summed E-state index contributed by atoms with van der Waals surface area (Å²) in [6.07, 6.45) is 2.47. The number of aryl methyl sites for hydroxylation is 1. The molecule has 3 aromatic rings. The van der Waals surface area contributed by atoms with Crippen LogP contribution in [0.3, 0.4) is 0 Å². The Bertz CT molecular complexity index is 1010. The van der Waals surface area contributed by atoms with Gasteiger partial charge in [0.25, 0.3) is 5.91 Å². The standard InChI is InChI=1S/C24H24N2O2/c1-2-17-9-11-19(12-10-17)24(28)26-15-5-8-22(26)23(27)25-21-14-13-18-6-3-4-7-20(18)16-21/h3-4,6-7,9-14,16,22H,2,5,8,15H2,1H3,(H,25,27)/t22-/m1/s1. The van der Waals surface area contributed by atoms with E-state index in [9.17, 15) is 9.59 Å². The molecule has 0 aliphatic carbocycles. The van der Waals surface area contributed by atoms with Gasteiger partial charge in [0, 0.05) is 17.8 Å². The Labute approximate surface area is 165 Å². The maximum atomic E-state index is 12.9. The lowest BCUT2D eigenvalue weighted by molar-refractivity contribution is -0.119. The van der Waals surface area contributed by atoms with Crippen LogP contribution < -0.4 is 5.32 Å². The van der Waals surface area contributed by atoms with Gasteiger partial charge >= 0.3 is 0 Å². The first-order valence-corrected chi connectivity index (χ1v) is 9.85. The number of nitrogens with one attached hydrogen (secondary N) is 1. The van der Waals surface area contributed by atoms with Crippen molar-refractivity contribution in [2.24, 2.45) is 0 Å². The van der Waals surface area contributed by atoms with Gasteiger partial charge in [-0.05, 0) is 59.9 Å². The number of carbonyl (C=O) groups is 2. The van der Waals surface area contributed by atoms with E-state index in [4.69, 9.17) is 0 Å². The largest absolute Gasteiger partial charge is 0.327 e. The molecule has 4 nitrogen and oxygen atoms in total. The van der Waals surface area contributed by atoms with Crippen molar-refractivity contribution in [2.75, 3.05) is 11.9 Å². The third kappa shape index (κ3) is 3.63. The van der Waals surface area contributed by atoms with E-state index >= 15 is 0 Å². The van der Waals surface area contributed by atoms with E-state index in [0.717, 1.165) is 29.3 Å². The zero-order valence-corrected chi connectivity index (χ0v) is 16.0. The first-order valence-electron chi connectivity index (χ1n) is 9.85. The van der Waals surface area contributed by atoms with Crippen LogP contribution in [0.1, 0.15) is 35.7 Å². The van der Waals surface area contributed by atoms with E-state index in [0.29, 0.717) is 18.5 Å². The molecule has 142 valence electrons. The lowest BCUT2D eigenvalue weighted by atomic mass is 10.1. The summed E-state index contributed by atoms with van der Waals surface area (Å²) in [6.45, 7) is 2.70. The summed E-state index contributed by atoms with van der Waals surface area (Å²) >= 11 is 0. The van der Waals surface area contributed by atoms with Crippen molar-refractivity contribution in [3.63, 3.8) is 0 Å². The van der Waals surface area contributed by atoms with Crippen molar-refractivity contribution in [1.29, 1.82) is 0 Å². The van der Waals surface area contributed by atoms with Crippen LogP contribution in [0.5, 0.6) is 0 Å². The number of carbonyl (C=O) groups excluding carboxylic acids is 2. The Morgan fingerprint density at radius 3 is 2.50 bits per heavy atom. The molecule has 0 unspecified atom stereocenters. The smallest absolute Gasteiger partial charge is 0.254 e. The van der Waals surface area contributed by atoms with Crippen LogP contribution in [-0.4, -0.2) is 29.3 Å². The Balaban J connectivity index is 1.49. The summed E-state index contributed by atoms with van der Waals surface area (Å²) in [7, 11) is 0. The molecule has 1 saturated heterocycles. The molecule has 0 spiro atoms. The number of anilines is 1. The van der Waals surface area contributed by atoms with Gasteiger partial charge in [0.05, 0.1) is 0 Å². The molecule has 1 N–H and O–H groups in total. The first kappa shape index (κ1) is 18.2. The number of rotatable bonds is 4. The third-order valence-corrected chi connectivity index (χ3v) is 5.44. The molecule has 2 amide bonds. The van der Waals surface area contributed by atoms with Crippen LogP contribution in [0.2, 0.25) is 0 Å². The van der Waals surface area contributed by atoms with Gasteiger partial charge in [0.1, 0.15) is 6.04 Å². The molecule has 0 aromatic heterocycles. The Hall–Kier alpha value is -3.14. The maximum Gasteiger partial charge on any atom is 0.254 e. The molecule has 3 aromatic carbocycles. The average molecular weight is 372 g/mol. The van der Waals surface area contributed by atoms with Crippen molar-refractivity contribution in [2.45, 2.75) is 32.2 Å². The lowest BCUT2D eigenvalue weighted by Gasteiger charge is -2.24. The highest BCUT2D eigenvalue weighted by atomic mass is 16.2. The SMILES string of the molecule is CCc1ccc(C(=O)N2CCC[C@@H]2C(=O)Nc2ccc3ccccc3c2)cc1. The number of amides is 2.